The van der Waals surface area contributed by atoms with Crippen molar-refractivity contribution in [2.24, 2.45) is 23.7 Å². The molecule has 4 bridgehead atoms. The van der Waals surface area contributed by atoms with Crippen molar-refractivity contribution in [3.8, 4) is 22.3 Å². The SMILES string of the molecule is c1ccc(N2c3cccc4c3B(c3ccccc3N4c3cccc4c3-c3ccccc3[C@@]43C[C@@H]4CC[C@H]3C4)c3ccc4c(c32)-c2ccccc2[C@@]42CC3CCC2C3)cc1. The minimum atomic E-state index is 0.110. The molecule has 3 heteroatoms. The summed E-state index contributed by atoms with van der Waals surface area (Å²) >= 11 is 0. The lowest BCUT2D eigenvalue weighted by Gasteiger charge is -2.45. The van der Waals surface area contributed by atoms with Crippen molar-refractivity contribution in [3.63, 3.8) is 0 Å². The summed E-state index contributed by atoms with van der Waals surface area (Å²) in [5.74, 6) is 3.14. The second kappa shape index (κ2) is 11.1. The van der Waals surface area contributed by atoms with Crippen LogP contribution in [0.4, 0.5) is 34.1 Å². The van der Waals surface area contributed by atoms with Crippen molar-refractivity contribution in [3.05, 3.63) is 174 Å². The van der Waals surface area contributed by atoms with E-state index in [1.165, 1.54) is 124 Å². The highest BCUT2D eigenvalue weighted by atomic mass is 15.2. The third kappa shape index (κ3) is 3.71. The van der Waals surface area contributed by atoms with E-state index >= 15 is 0 Å². The van der Waals surface area contributed by atoms with E-state index in [1.54, 1.807) is 22.3 Å². The number of benzene rings is 7. The average molecular weight is 757 g/mol. The molecule has 0 aromatic heterocycles. The van der Waals surface area contributed by atoms with E-state index < -0.39 is 0 Å². The Labute approximate surface area is 347 Å². The topological polar surface area (TPSA) is 6.48 Å². The molecular formula is C56H45BN2. The van der Waals surface area contributed by atoms with Crippen LogP contribution in [-0.2, 0) is 10.8 Å². The monoisotopic (exact) mass is 756 g/mol. The molecule has 2 aliphatic heterocycles. The first kappa shape index (κ1) is 32.1. The molecule has 6 atom stereocenters. The van der Waals surface area contributed by atoms with Crippen LogP contribution in [-0.4, -0.2) is 6.71 Å². The van der Waals surface area contributed by atoms with Gasteiger partial charge in [-0.15, -0.1) is 0 Å². The lowest BCUT2D eigenvalue weighted by atomic mass is 9.33. The van der Waals surface area contributed by atoms with Gasteiger partial charge in [0.1, 0.15) is 0 Å². The fourth-order valence-electron chi connectivity index (χ4n) is 15.6. The Morgan fingerprint density at radius 2 is 0.983 bits per heavy atom. The second-order valence-corrected chi connectivity index (χ2v) is 19.5. The van der Waals surface area contributed by atoms with Crippen molar-refractivity contribution in [1.29, 1.82) is 0 Å². The number of para-hydroxylation sites is 2. The summed E-state index contributed by atoms with van der Waals surface area (Å²) in [6.45, 7) is 0.110. The Hall–Kier alpha value is -5.80. The molecule has 0 radical (unpaired) electrons. The van der Waals surface area contributed by atoms with E-state index in [0.717, 1.165) is 23.7 Å². The molecule has 0 saturated heterocycles. The summed E-state index contributed by atoms with van der Waals surface area (Å²) in [5.41, 5.74) is 24.6. The summed E-state index contributed by atoms with van der Waals surface area (Å²) in [5, 5.41) is 0. The highest BCUT2D eigenvalue weighted by molar-refractivity contribution is 7.00. The standard InChI is InChI=1S/C56H45BN2/c1-2-12-38(13-3-1)58-49-22-11-23-50-53(49)57(46-29-28-44-52(54(46)58)40-15-5-7-17-42(40)56(44)33-35-25-27-37(56)31-35)45-19-8-9-20-47(45)59(50)48-21-10-18-43-51(48)39-14-4-6-16-41(39)55(43)32-34-24-26-36(55)30-34/h1-23,28-29,34-37H,24-27,30-33H2/t34-,35?,36+,37?,55+,56+/m1/s1. The predicted molar refractivity (Wildman–Crippen MR) is 244 cm³/mol. The molecule has 0 amide bonds. The second-order valence-electron chi connectivity index (χ2n) is 19.5. The summed E-state index contributed by atoms with van der Waals surface area (Å²) in [7, 11) is 0. The summed E-state index contributed by atoms with van der Waals surface area (Å²) < 4.78 is 0. The van der Waals surface area contributed by atoms with E-state index in [4.69, 9.17) is 0 Å². The maximum absolute atomic E-state index is 2.67. The molecular weight excluding hydrogens is 711 g/mol. The van der Waals surface area contributed by atoms with E-state index in [-0.39, 0.29) is 17.5 Å². The lowest BCUT2D eigenvalue weighted by Crippen LogP contribution is -2.61. The van der Waals surface area contributed by atoms with Gasteiger partial charge in [0.25, 0.3) is 6.71 Å². The number of nitrogens with zero attached hydrogens (tertiary/aromatic N) is 2. The molecule has 7 aromatic rings. The predicted octanol–water partition coefficient (Wildman–Crippen LogP) is 11.9. The van der Waals surface area contributed by atoms with Crippen molar-refractivity contribution in [2.45, 2.75) is 62.2 Å². The maximum Gasteiger partial charge on any atom is 0.252 e. The van der Waals surface area contributed by atoms with E-state index in [0.29, 0.717) is 0 Å². The first-order valence-electron chi connectivity index (χ1n) is 22.6. The van der Waals surface area contributed by atoms with Gasteiger partial charge in [-0.05, 0) is 148 Å². The normalized spacial score (nSPS) is 27.5. The Balaban J connectivity index is 1.01. The molecule has 6 aliphatic carbocycles. The maximum atomic E-state index is 2.67. The van der Waals surface area contributed by atoms with Gasteiger partial charge in [0.15, 0.2) is 0 Å². The minimum Gasteiger partial charge on any atom is -0.311 e. The zero-order chi connectivity index (χ0) is 38.2. The van der Waals surface area contributed by atoms with Gasteiger partial charge in [0.05, 0.1) is 5.69 Å². The van der Waals surface area contributed by atoms with Gasteiger partial charge in [0, 0.05) is 50.4 Å². The van der Waals surface area contributed by atoms with Gasteiger partial charge in [-0.3, -0.25) is 0 Å². The molecule has 282 valence electrons. The minimum absolute atomic E-state index is 0.110. The van der Waals surface area contributed by atoms with E-state index in [9.17, 15) is 0 Å². The van der Waals surface area contributed by atoms with Gasteiger partial charge in [-0.1, -0.05) is 128 Å². The molecule has 4 fully saturated rings. The van der Waals surface area contributed by atoms with E-state index in [1.807, 2.05) is 0 Å². The number of anilines is 6. The highest BCUT2D eigenvalue weighted by Crippen LogP contribution is 2.69. The molecule has 8 aliphatic rings. The summed E-state index contributed by atoms with van der Waals surface area (Å²) in [6, 6.07) is 59.5. The van der Waals surface area contributed by atoms with Crippen LogP contribution in [0.15, 0.2) is 152 Å². The molecule has 2 heterocycles. The van der Waals surface area contributed by atoms with Gasteiger partial charge in [-0.25, -0.2) is 0 Å². The van der Waals surface area contributed by atoms with Crippen LogP contribution in [0.3, 0.4) is 0 Å². The molecule has 2 nitrogen and oxygen atoms in total. The van der Waals surface area contributed by atoms with Crippen molar-refractivity contribution >= 4 is 57.2 Å². The third-order valence-electron chi connectivity index (χ3n) is 17.4. The molecule has 59 heavy (non-hydrogen) atoms. The Bertz CT molecular complexity index is 2970. The Morgan fingerprint density at radius 3 is 1.68 bits per heavy atom. The quantitative estimate of drug-likeness (QED) is 0.162. The zero-order valence-electron chi connectivity index (χ0n) is 33.4. The fourth-order valence-corrected chi connectivity index (χ4v) is 15.6. The molecule has 15 rings (SSSR count). The third-order valence-corrected chi connectivity index (χ3v) is 17.4. The molecule has 4 saturated carbocycles. The van der Waals surface area contributed by atoms with Crippen LogP contribution in [0.5, 0.6) is 0 Å². The van der Waals surface area contributed by atoms with Crippen LogP contribution >= 0.6 is 0 Å². The van der Waals surface area contributed by atoms with Gasteiger partial charge in [-0.2, -0.15) is 0 Å². The van der Waals surface area contributed by atoms with Gasteiger partial charge < -0.3 is 9.80 Å². The van der Waals surface area contributed by atoms with Crippen LogP contribution in [0.2, 0.25) is 0 Å². The summed E-state index contributed by atoms with van der Waals surface area (Å²) in [4.78, 5) is 5.35. The Morgan fingerprint density at radius 1 is 0.424 bits per heavy atom. The van der Waals surface area contributed by atoms with Crippen molar-refractivity contribution in [1.82, 2.24) is 0 Å². The number of rotatable bonds is 2. The van der Waals surface area contributed by atoms with Crippen LogP contribution in [0.25, 0.3) is 22.3 Å². The summed E-state index contributed by atoms with van der Waals surface area (Å²) in [6.07, 6.45) is 10.8. The lowest BCUT2D eigenvalue weighted by molar-refractivity contribution is 0.327. The van der Waals surface area contributed by atoms with Crippen LogP contribution < -0.4 is 26.2 Å². The van der Waals surface area contributed by atoms with Crippen molar-refractivity contribution in [2.75, 3.05) is 9.80 Å². The molecule has 7 aromatic carbocycles. The number of hydrogen-bond acceptors (Lipinski definition) is 2. The number of fused-ring (bicyclic) bond motifs is 21. The largest absolute Gasteiger partial charge is 0.311 e. The fraction of sp³-hybridized carbons (Fsp3) is 0.250. The molecule has 2 unspecified atom stereocenters. The van der Waals surface area contributed by atoms with Crippen molar-refractivity contribution < 1.29 is 0 Å². The first-order chi connectivity index (χ1) is 29.2. The highest BCUT2D eigenvalue weighted by Gasteiger charge is 2.59. The number of hydrogen-bond donors (Lipinski definition) is 0. The first-order valence-corrected chi connectivity index (χ1v) is 22.6. The van der Waals surface area contributed by atoms with E-state index in [2.05, 4.69) is 161 Å². The van der Waals surface area contributed by atoms with Crippen LogP contribution in [0, 0.1) is 23.7 Å². The zero-order valence-corrected chi connectivity index (χ0v) is 33.4. The van der Waals surface area contributed by atoms with Crippen LogP contribution in [0.1, 0.15) is 73.6 Å². The average Bonchev–Trinajstić information content (AvgIpc) is 4.17. The smallest absolute Gasteiger partial charge is 0.252 e. The van der Waals surface area contributed by atoms with Gasteiger partial charge in [0.2, 0.25) is 0 Å². The van der Waals surface area contributed by atoms with Gasteiger partial charge >= 0.3 is 0 Å². The molecule has 2 spiro atoms. The molecule has 0 N–H and O–H groups in total. The Kier molecular flexibility index (Phi) is 6.02.